The molecule has 4 nitrogen and oxygen atoms in total. The Balaban J connectivity index is 1.92. The van der Waals surface area contributed by atoms with Crippen LogP contribution in [0.2, 0.25) is 0 Å². The molecule has 1 heterocycles. The Morgan fingerprint density at radius 2 is 2.18 bits per heavy atom. The fraction of sp³-hybridized carbons (Fsp3) is 0.727. The van der Waals surface area contributed by atoms with Crippen LogP contribution >= 0.6 is 0 Å². The van der Waals surface area contributed by atoms with Crippen molar-refractivity contribution in [1.29, 1.82) is 0 Å². The van der Waals surface area contributed by atoms with Crippen molar-refractivity contribution in [3.8, 4) is 0 Å². The molecule has 0 saturated heterocycles. The highest BCUT2D eigenvalue weighted by Gasteiger charge is 2.37. The minimum atomic E-state index is -2.58. The summed E-state index contributed by atoms with van der Waals surface area (Å²) in [5, 5.41) is 3.87. The van der Waals surface area contributed by atoms with Gasteiger partial charge in [0.25, 0.3) is 0 Å². The van der Waals surface area contributed by atoms with Gasteiger partial charge in [0.15, 0.2) is 0 Å². The van der Waals surface area contributed by atoms with E-state index in [1.807, 2.05) is 0 Å². The van der Waals surface area contributed by atoms with Gasteiger partial charge < -0.3 is 0 Å². The van der Waals surface area contributed by atoms with Gasteiger partial charge in [0.1, 0.15) is 17.9 Å². The van der Waals surface area contributed by atoms with Gasteiger partial charge in [-0.15, -0.1) is 0 Å². The maximum absolute atomic E-state index is 12.9. The standard InChI is InChI=1S/C11H15F2N3O/c1-16-10(14-7-15-16)6-9(17)8-2-4-11(12,13)5-3-8/h7-8H,2-6H2,1H3. The summed E-state index contributed by atoms with van der Waals surface area (Å²) >= 11 is 0. The molecule has 1 aromatic heterocycles. The second kappa shape index (κ2) is 4.50. The molecule has 6 heteroatoms. The second-order valence-corrected chi connectivity index (χ2v) is 4.57. The average molecular weight is 243 g/mol. The highest BCUT2D eigenvalue weighted by Crippen LogP contribution is 2.36. The molecule has 17 heavy (non-hydrogen) atoms. The fourth-order valence-corrected chi connectivity index (χ4v) is 2.14. The van der Waals surface area contributed by atoms with Crippen LogP contribution in [-0.2, 0) is 18.3 Å². The van der Waals surface area contributed by atoms with Crippen LogP contribution in [0.3, 0.4) is 0 Å². The van der Waals surface area contributed by atoms with Gasteiger partial charge in [-0.1, -0.05) is 0 Å². The fourth-order valence-electron chi connectivity index (χ4n) is 2.14. The monoisotopic (exact) mass is 243 g/mol. The van der Waals surface area contributed by atoms with Gasteiger partial charge in [-0.25, -0.2) is 13.8 Å². The largest absolute Gasteiger partial charge is 0.299 e. The van der Waals surface area contributed by atoms with Crippen molar-refractivity contribution in [2.24, 2.45) is 13.0 Å². The highest BCUT2D eigenvalue weighted by molar-refractivity contribution is 5.82. The number of Topliss-reactive ketones (excluding diaryl/α,β-unsaturated/α-hetero) is 1. The molecule has 0 unspecified atom stereocenters. The molecule has 94 valence electrons. The summed E-state index contributed by atoms with van der Waals surface area (Å²) in [6.07, 6.45) is 1.78. The number of rotatable bonds is 3. The third-order valence-corrected chi connectivity index (χ3v) is 3.31. The first-order chi connectivity index (χ1) is 7.98. The summed E-state index contributed by atoms with van der Waals surface area (Å²) in [5.41, 5.74) is 0. The summed E-state index contributed by atoms with van der Waals surface area (Å²) < 4.78 is 27.4. The van der Waals surface area contributed by atoms with Gasteiger partial charge in [0.05, 0.1) is 6.42 Å². The van der Waals surface area contributed by atoms with E-state index in [0.717, 1.165) is 0 Å². The first-order valence-corrected chi connectivity index (χ1v) is 5.71. The van der Waals surface area contributed by atoms with Crippen molar-refractivity contribution in [2.45, 2.75) is 38.0 Å². The Hall–Kier alpha value is -1.33. The molecule has 1 aliphatic carbocycles. The minimum absolute atomic E-state index is 0.00315. The first-order valence-electron chi connectivity index (χ1n) is 5.71. The van der Waals surface area contributed by atoms with E-state index < -0.39 is 5.92 Å². The Labute approximate surface area is 98.0 Å². The number of nitrogens with zero attached hydrogens (tertiary/aromatic N) is 3. The molecular formula is C11H15F2N3O. The number of alkyl halides is 2. The van der Waals surface area contributed by atoms with Crippen molar-refractivity contribution >= 4 is 5.78 Å². The van der Waals surface area contributed by atoms with Crippen LogP contribution < -0.4 is 0 Å². The zero-order valence-corrected chi connectivity index (χ0v) is 9.70. The lowest BCUT2D eigenvalue weighted by Crippen LogP contribution is -2.29. The summed E-state index contributed by atoms with van der Waals surface area (Å²) in [5.74, 6) is -2.24. The second-order valence-electron chi connectivity index (χ2n) is 4.57. The Morgan fingerprint density at radius 1 is 1.53 bits per heavy atom. The summed E-state index contributed by atoms with van der Waals surface area (Å²) in [7, 11) is 1.71. The smallest absolute Gasteiger partial charge is 0.248 e. The molecule has 2 rings (SSSR count). The molecule has 0 radical (unpaired) electrons. The molecular weight excluding hydrogens is 228 g/mol. The Morgan fingerprint density at radius 3 is 2.71 bits per heavy atom. The van der Waals surface area contributed by atoms with E-state index in [4.69, 9.17) is 0 Å². The molecule has 0 spiro atoms. The van der Waals surface area contributed by atoms with E-state index >= 15 is 0 Å². The average Bonchev–Trinajstić information content (AvgIpc) is 2.64. The van der Waals surface area contributed by atoms with Gasteiger partial charge >= 0.3 is 0 Å². The predicted octanol–water partition coefficient (Wildman–Crippen LogP) is 1.75. The number of hydrogen-bond acceptors (Lipinski definition) is 3. The van der Waals surface area contributed by atoms with Gasteiger partial charge in [-0.3, -0.25) is 9.48 Å². The lowest BCUT2D eigenvalue weighted by atomic mass is 9.83. The molecule has 1 aliphatic rings. The normalized spacial score (nSPS) is 20.4. The summed E-state index contributed by atoms with van der Waals surface area (Å²) in [4.78, 5) is 15.9. The van der Waals surface area contributed by atoms with Gasteiger partial charge in [-0.05, 0) is 12.8 Å². The number of aromatic nitrogens is 3. The van der Waals surface area contributed by atoms with Crippen LogP contribution in [0.5, 0.6) is 0 Å². The van der Waals surface area contributed by atoms with Crippen LogP contribution in [-0.4, -0.2) is 26.5 Å². The van der Waals surface area contributed by atoms with Crippen LogP contribution in [0.15, 0.2) is 6.33 Å². The number of carbonyl (C=O) groups is 1. The minimum Gasteiger partial charge on any atom is -0.299 e. The van der Waals surface area contributed by atoms with Gasteiger partial charge in [-0.2, -0.15) is 5.10 Å². The van der Waals surface area contributed by atoms with Crippen LogP contribution in [0.25, 0.3) is 0 Å². The highest BCUT2D eigenvalue weighted by atomic mass is 19.3. The number of aryl methyl sites for hydroxylation is 1. The van der Waals surface area contributed by atoms with Gasteiger partial charge in [0, 0.05) is 25.8 Å². The SMILES string of the molecule is Cn1ncnc1CC(=O)C1CCC(F)(F)CC1. The summed E-state index contributed by atoms with van der Waals surface area (Å²) in [6, 6.07) is 0. The molecule has 0 aromatic carbocycles. The number of carbonyl (C=O) groups excluding carboxylic acids is 1. The molecule has 1 fully saturated rings. The predicted molar refractivity (Wildman–Crippen MR) is 56.6 cm³/mol. The van der Waals surface area contributed by atoms with Crippen molar-refractivity contribution in [3.63, 3.8) is 0 Å². The van der Waals surface area contributed by atoms with Crippen LogP contribution in [0.4, 0.5) is 8.78 Å². The lowest BCUT2D eigenvalue weighted by molar-refractivity contribution is -0.126. The lowest BCUT2D eigenvalue weighted by Gasteiger charge is -2.27. The number of ketones is 1. The van der Waals surface area contributed by atoms with Gasteiger partial charge in [0.2, 0.25) is 5.92 Å². The number of hydrogen-bond donors (Lipinski definition) is 0. The van der Waals surface area contributed by atoms with E-state index in [-0.39, 0.29) is 43.8 Å². The third kappa shape index (κ3) is 2.87. The maximum atomic E-state index is 12.9. The Kier molecular flexibility index (Phi) is 3.22. The maximum Gasteiger partial charge on any atom is 0.248 e. The topological polar surface area (TPSA) is 47.8 Å². The molecule has 0 atom stereocenters. The van der Waals surface area contributed by atoms with E-state index in [9.17, 15) is 13.6 Å². The molecule has 0 amide bonds. The third-order valence-electron chi connectivity index (χ3n) is 3.31. The van der Waals surface area contributed by atoms with E-state index in [1.54, 1.807) is 7.05 Å². The molecule has 0 bridgehead atoms. The zero-order valence-electron chi connectivity index (χ0n) is 9.70. The van der Waals surface area contributed by atoms with Crippen molar-refractivity contribution in [1.82, 2.24) is 14.8 Å². The zero-order chi connectivity index (χ0) is 12.5. The molecule has 0 aliphatic heterocycles. The summed E-state index contributed by atoms with van der Waals surface area (Å²) in [6.45, 7) is 0. The van der Waals surface area contributed by atoms with Crippen LogP contribution in [0.1, 0.15) is 31.5 Å². The van der Waals surface area contributed by atoms with E-state index in [2.05, 4.69) is 10.1 Å². The van der Waals surface area contributed by atoms with Crippen molar-refractivity contribution in [2.75, 3.05) is 0 Å². The Bertz CT molecular complexity index is 407. The van der Waals surface area contributed by atoms with Crippen molar-refractivity contribution in [3.05, 3.63) is 12.2 Å². The van der Waals surface area contributed by atoms with E-state index in [1.165, 1.54) is 11.0 Å². The quantitative estimate of drug-likeness (QED) is 0.812. The molecule has 1 saturated carbocycles. The number of halogens is 2. The van der Waals surface area contributed by atoms with E-state index in [0.29, 0.717) is 5.82 Å². The van der Waals surface area contributed by atoms with Crippen molar-refractivity contribution < 1.29 is 13.6 Å². The molecule has 0 N–H and O–H groups in total. The first kappa shape index (κ1) is 12.1. The molecule has 1 aromatic rings. The van der Waals surface area contributed by atoms with Crippen LogP contribution in [0, 0.1) is 5.92 Å².